The third kappa shape index (κ3) is 5.51. The molecule has 1 saturated heterocycles. The monoisotopic (exact) mass is 395 g/mol. The lowest BCUT2D eigenvalue weighted by atomic mass is 9.86. The summed E-state index contributed by atoms with van der Waals surface area (Å²) in [6.45, 7) is 7.57. The summed E-state index contributed by atoms with van der Waals surface area (Å²) in [7, 11) is 0. The number of carboxylic acid groups (broad SMARTS) is 1. The molecule has 0 unspecified atom stereocenters. The molecule has 1 aliphatic heterocycles. The first-order chi connectivity index (χ1) is 13.4. The molecule has 0 atom stereocenters. The molecular formula is C20H29NO7. The van der Waals surface area contributed by atoms with E-state index >= 15 is 0 Å². The van der Waals surface area contributed by atoms with Gasteiger partial charge in [-0.1, -0.05) is 0 Å². The summed E-state index contributed by atoms with van der Waals surface area (Å²) < 4.78 is 22.3. The highest BCUT2D eigenvalue weighted by molar-refractivity contribution is 5.96. The molecule has 0 aromatic heterocycles. The molecule has 1 aromatic carbocycles. The minimum atomic E-state index is -0.959. The third-order valence-electron chi connectivity index (χ3n) is 4.49. The van der Waals surface area contributed by atoms with Crippen molar-refractivity contribution in [1.82, 2.24) is 5.32 Å². The zero-order valence-electron chi connectivity index (χ0n) is 16.7. The summed E-state index contributed by atoms with van der Waals surface area (Å²) in [5.74, 6) is -0.0551. The van der Waals surface area contributed by atoms with Gasteiger partial charge in [0.1, 0.15) is 0 Å². The molecule has 0 radical (unpaired) electrons. The first-order valence-corrected chi connectivity index (χ1v) is 9.63. The van der Waals surface area contributed by atoms with Gasteiger partial charge in [-0.15, -0.1) is 0 Å². The van der Waals surface area contributed by atoms with Crippen LogP contribution in [-0.2, 0) is 9.53 Å². The van der Waals surface area contributed by atoms with Gasteiger partial charge in [-0.05, 0) is 45.7 Å². The second-order valence-corrected chi connectivity index (χ2v) is 6.52. The smallest absolute Gasteiger partial charge is 0.305 e. The van der Waals surface area contributed by atoms with Crippen LogP contribution in [0.4, 0.5) is 0 Å². The van der Waals surface area contributed by atoms with Crippen LogP contribution in [0.2, 0.25) is 0 Å². The van der Waals surface area contributed by atoms with E-state index in [1.165, 1.54) is 0 Å². The number of hydrogen-bond acceptors (Lipinski definition) is 6. The molecule has 0 aliphatic carbocycles. The zero-order chi connectivity index (χ0) is 20.6. The van der Waals surface area contributed by atoms with Gasteiger partial charge >= 0.3 is 5.97 Å². The van der Waals surface area contributed by atoms with E-state index in [0.717, 1.165) is 0 Å². The lowest BCUT2D eigenvalue weighted by molar-refractivity contribution is -0.139. The molecule has 0 spiro atoms. The minimum absolute atomic E-state index is 0.157. The first-order valence-electron chi connectivity index (χ1n) is 9.63. The van der Waals surface area contributed by atoms with Crippen molar-refractivity contribution in [3.8, 4) is 17.2 Å². The van der Waals surface area contributed by atoms with Crippen LogP contribution in [0.5, 0.6) is 17.2 Å². The molecule has 1 aromatic rings. The van der Waals surface area contributed by atoms with E-state index in [2.05, 4.69) is 5.32 Å². The van der Waals surface area contributed by atoms with Crippen molar-refractivity contribution in [3.63, 3.8) is 0 Å². The summed E-state index contributed by atoms with van der Waals surface area (Å²) in [5, 5.41) is 12.2. The molecule has 2 rings (SSSR count). The standard InChI is InChI=1S/C20H29NO7/c1-4-26-15-11-14(12-16(27-5-2)18(15)28-6-3)19(24)21-20(13-17(22)23)7-9-25-10-8-20/h11-12H,4-10,13H2,1-3H3,(H,21,24)(H,22,23). The van der Waals surface area contributed by atoms with Gasteiger partial charge in [-0.3, -0.25) is 9.59 Å². The van der Waals surface area contributed by atoms with E-state index in [9.17, 15) is 14.7 Å². The minimum Gasteiger partial charge on any atom is -0.490 e. The summed E-state index contributed by atoms with van der Waals surface area (Å²) >= 11 is 0. The number of aliphatic carboxylic acids is 1. The zero-order valence-corrected chi connectivity index (χ0v) is 16.7. The van der Waals surface area contributed by atoms with E-state index in [-0.39, 0.29) is 12.3 Å². The Labute approximate surface area is 165 Å². The van der Waals surface area contributed by atoms with Crippen LogP contribution in [0.15, 0.2) is 12.1 Å². The van der Waals surface area contributed by atoms with Crippen molar-refractivity contribution >= 4 is 11.9 Å². The van der Waals surface area contributed by atoms with Gasteiger partial charge in [0.2, 0.25) is 5.75 Å². The molecule has 8 heteroatoms. The highest BCUT2D eigenvalue weighted by Crippen LogP contribution is 2.39. The van der Waals surface area contributed by atoms with Gasteiger partial charge in [0.25, 0.3) is 5.91 Å². The molecule has 1 aliphatic rings. The van der Waals surface area contributed by atoms with E-state index in [1.807, 2.05) is 20.8 Å². The van der Waals surface area contributed by atoms with Gasteiger partial charge in [0.15, 0.2) is 11.5 Å². The molecule has 1 fully saturated rings. The Morgan fingerprint density at radius 3 is 2.04 bits per heavy atom. The van der Waals surface area contributed by atoms with Crippen molar-refractivity contribution in [3.05, 3.63) is 17.7 Å². The van der Waals surface area contributed by atoms with E-state index < -0.39 is 11.5 Å². The Kier molecular flexibility index (Phi) is 7.92. The fourth-order valence-electron chi connectivity index (χ4n) is 3.23. The number of hydrogen-bond donors (Lipinski definition) is 2. The predicted molar refractivity (Wildman–Crippen MR) is 102 cm³/mol. The molecular weight excluding hydrogens is 366 g/mol. The Morgan fingerprint density at radius 2 is 1.57 bits per heavy atom. The van der Waals surface area contributed by atoms with Crippen molar-refractivity contribution in [1.29, 1.82) is 0 Å². The molecule has 1 heterocycles. The number of rotatable bonds is 10. The van der Waals surface area contributed by atoms with Crippen molar-refractivity contribution in [2.24, 2.45) is 0 Å². The number of carbonyl (C=O) groups is 2. The normalized spacial score (nSPS) is 15.5. The predicted octanol–water partition coefficient (Wildman–Crippen LogP) is 2.64. The summed E-state index contributed by atoms with van der Waals surface area (Å²) in [6.07, 6.45) is 0.729. The van der Waals surface area contributed by atoms with Gasteiger partial charge in [0.05, 0.1) is 31.8 Å². The van der Waals surface area contributed by atoms with Crippen LogP contribution in [0.3, 0.4) is 0 Å². The number of nitrogens with one attached hydrogen (secondary N) is 1. The largest absolute Gasteiger partial charge is 0.490 e. The fraction of sp³-hybridized carbons (Fsp3) is 0.600. The van der Waals surface area contributed by atoms with Gasteiger partial charge in [-0.2, -0.15) is 0 Å². The number of carboxylic acids is 1. The highest BCUT2D eigenvalue weighted by Gasteiger charge is 2.37. The van der Waals surface area contributed by atoms with Crippen LogP contribution in [0.25, 0.3) is 0 Å². The number of amides is 1. The molecule has 28 heavy (non-hydrogen) atoms. The second-order valence-electron chi connectivity index (χ2n) is 6.52. The molecule has 8 nitrogen and oxygen atoms in total. The number of carbonyl (C=O) groups excluding carboxylic acids is 1. The van der Waals surface area contributed by atoms with E-state index in [0.29, 0.717) is 68.7 Å². The number of benzene rings is 1. The maximum absolute atomic E-state index is 13.0. The molecule has 0 bridgehead atoms. The van der Waals surface area contributed by atoms with Gasteiger partial charge in [-0.25, -0.2) is 0 Å². The third-order valence-corrected chi connectivity index (χ3v) is 4.49. The molecule has 0 saturated carbocycles. The van der Waals surface area contributed by atoms with Crippen molar-refractivity contribution in [2.75, 3.05) is 33.0 Å². The Hall–Kier alpha value is -2.48. The summed E-state index contributed by atoms with van der Waals surface area (Å²) in [4.78, 5) is 24.3. The molecule has 156 valence electrons. The first kappa shape index (κ1) is 21.8. The quantitative estimate of drug-likeness (QED) is 0.628. The van der Waals surface area contributed by atoms with Gasteiger partial charge in [0, 0.05) is 18.8 Å². The lowest BCUT2D eigenvalue weighted by Gasteiger charge is -2.36. The average Bonchev–Trinajstić information content (AvgIpc) is 2.64. The lowest BCUT2D eigenvalue weighted by Crippen LogP contribution is -2.53. The van der Waals surface area contributed by atoms with Crippen LogP contribution in [0, 0.1) is 0 Å². The maximum atomic E-state index is 13.0. The summed E-state index contributed by atoms with van der Waals surface area (Å²) in [6, 6.07) is 3.19. The van der Waals surface area contributed by atoms with Gasteiger partial charge < -0.3 is 29.4 Å². The van der Waals surface area contributed by atoms with Crippen molar-refractivity contribution < 1.29 is 33.6 Å². The Bertz CT molecular complexity index is 656. The second kappa shape index (κ2) is 10.2. The maximum Gasteiger partial charge on any atom is 0.305 e. The van der Waals surface area contributed by atoms with Crippen LogP contribution < -0.4 is 19.5 Å². The van der Waals surface area contributed by atoms with Crippen LogP contribution in [0.1, 0.15) is 50.4 Å². The summed E-state index contributed by atoms with van der Waals surface area (Å²) in [5.41, 5.74) is -0.510. The average molecular weight is 395 g/mol. The Morgan fingerprint density at radius 1 is 1.04 bits per heavy atom. The fourth-order valence-corrected chi connectivity index (χ4v) is 3.23. The topological polar surface area (TPSA) is 103 Å². The molecule has 2 N–H and O–H groups in total. The van der Waals surface area contributed by atoms with Crippen LogP contribution >= 0.6 is 0 Å². The van der Waals surface area contributed by atoms with Crippen molar-refractivity contribution in [2.45, 2.75) is 45.6 Å². The SMILES string of the molecule is CCOc1cc(C(=O)NC2(CC(=O)O)CCOCC2)cc(OCC)c1OCC. The van der Waals surface area contributed by atoms with E-state index in [4.69, 9.17) is 18.9 Å². The molecule has 1 amide bonds. The number of ether oxygens (including phenoxy) is 4. The highest BCUT2D eigenvalue weighted by atomic mass is 16.5. The van der Waals surface area contributed by atoms with Crippen LogP contribution in [-0.4, -0.2) is 55.6 Å². The van der Waals surface area contributed by atoms with E-state index in [1.54, 1.807) is 12.1 Å². The Balaban J connectivity index is 2.35.